The number of hydrogen-bond donors (Lipinski definition) is 1. The number of aliphatic hydroxyl groups excluding tert-OH is 1. The smallest absolute Gasteiger partial charge is 0.141 e. The Labute approximate surface area is 186 Å². The third kappa shape index (κ3) is 3.25. The maximum absolute atomic E-state index is 10.5. The van der Waals surface area contributed by atoms with Crippen LogP contribution in [0.1, 0.15) is 47.6 Å². The average Bonchev–Trinajstić information content (AvgIpc) is 3.31. The number of hydrogen-bond acceptors (Lipinski definition) is 5. The van der Waals surface area contributed by atoms with Crippen molar-refractivity contribution in [2.24, 2.45) is 7.05 Å². The second-order valence-electron chi connectivity index (χ2n) is 8.25. The van der Waals surface area contributed by atoms with Crippen molar-refractivity contribution < 1.29 is 9.84 Å². The summed E-state index contributed by atoms with van der Waals surface area (Å²) in [5, 5.41) is 17.2. The third-order valence-corrected chi connectivity index (χ3v) is 7.45. The third-order valence-electron chi connectivity index (χ3n) is 6.26. The van der Waals surface area contributed by atoms with Crippen LogP contribution >= 0.6 is 11.3 Å². The van der Waals surface area contributed by atoms with Crippen molar-refractivity contribution >= 4 is 32.5 Å². The number of aromatic nitrogens is 3. The number of nitrogens with zero attached hydrogens (tertiary/aromatic N) is 3. The van der Waals surface area contributed by atoms with E-state index in [2.05, 4.69) is 29.9 Å². The van der Waals surface area contributed by atoms with Crippen LogP contribution in [0, 0.1) is 6.92 Å². The first-order valence-corrected chi connectivity index (χ1v) is 11.7. The van der Waals surface area contributed by atoms with E-state index in [1.165, 1.54) is 28.7 Å². The number of rotatable bonds is 5. The van der Waals surface area contributed by atoms with E-state index in [-0.39, 0.29) is 5.76 Å². The van der Waals surface area contributed by atoms with Crippen molar-refractivity contribution in [2.75, 3.05) is 6.61 Å². The zero-order valence-corrected chi connectivity index (χ0v) is 19.1. The highest BCUT2D eigenvalue weighted by molar-refractivity contribution is 7.19. The van der Waals surface area contributed by atoms with E-state index < -0.39 is 6.10 Å². The standard InChI is InChI=1S/C25H27N3O2S/c1-5-30-24(15(3)29)21-14(2)27-25-23(18-8-6-7-9-20(18)31-25)22(21)16-10-11-19-17(12-16)13-26-28(19)4/h10-13,24,29H,3,5-9H2,1-2,4H3/t24-/m1/s1. The molecule has 5 nitrogen and oxygen atoms in total. The highest BCUT2D eigenvalue weighted by atomic mass is 32.1. The number of aliphatic hydroxyl groups is 1. The molecule has 0 spiro atoms. The van der Waals surface area contributed by atoms with Crippen molar-refractivity contribution in [2.45, 2.75) is 45.6 Å². The lowest BCUT2D eigenvalue weighted by Crippen LogP contribution is -2.12. The van der Waals surface area contributed by atoms with Crippen molar-refractivity contribution in [1.29, 1.82) is 0 Å². The van der Waals surface area contributed by atoms with Crippen LogP contribution in [0.5, 0.6) is 0 Å². The predicted molar refractivity (Wildman–Crippen MR) is 127 cm³/mol. The number of aryl methyl sites for hydroxylation is 4. The number of pyridine rings is 1. The summed E-state index contributed by atoms with van der Waals surface area (Å²) in [5.41, 5.74) is 6.51. The first-order chi connectivity index (χ1) is 15.0. The highest BCUT2D eigenvalue weighted by Crippen LogP contribution is 2.46. The molecule has 0 saturated carbocycles. The molecule has 3 heterocycles. The molecule has 1 aromatic carbocycles. The van der Waals surface area contributed by atoms with E-state index in [0.29, 0.717) is 6.61 Å². The van der Waals surface area contributed by atoms with Gasteiger partial charge in [0.1, 0.15) is 16.7 Å². The Kier molecular flexibility index (Phi) is 5.07. The molecule has 0 bridgehead atoms. The lowest BCUT2D eigenvalue weighted by molar-refractivity contribution is 0.0580. The molecule has 1 N–H and O–H groups in total. The van der Waals surface area contributed by atoms with Crippen molar-refractivity contribution in [3.8, 4) is 11.1 Å². The summed E-state index contributed by atoms with van der Waals surface area (Å²) in [5.74, 6) is 0.0129. The topological polar surface area (TPSA) is 60.2 Å². The van der Waals surface area contributed by atoms with Crippen LogP contribution in [-0.4, -0.2) is 26.5 Å². The summed E-state index contributed by atoms with van der Waals surface area (Å²) in [6, 6.07) is 6.46. The molecule has 0 radical (unpaired) electrons. The maximum Gasteiger partial charge on any atom is 0.141 e. The van der Waals surface area contributed by atoms with Gasteiger partial charge in [0.25, 0.3) is 0 Å². The molecular weight excluding hydrogens is 406 g/mol. The SMILES string of the molecule is C=C(O)[C@@H](OCC)c1c(C)nc2sc3c(c2c1-c1ccc2c(cnn2C)c1)CCCC3. The molecule has 31 heavy (non-hydrogen) atoms. The van der Waals surface area contributed by atoms with Crippen molar-refractivity contribution in [3.63, 3.8) is 0 Å². The summed E-state index contributed by atoms with van der Waals surface area (Å²) >= 11 is 1.82. The molecule has 1 aliphatic carbocycles. The van der Waals surface area contributed by atoms with E-state index in [1.54, 1.807) is 0 Å². The summed E-state index contributed by atoms with van der Waals surface area (Å²) in [4.78, 5) is 7.51. The molecule has 5 rings (SSSR count). The summed E-state index contributed by atoms with van der Waals surface area (Å²) < 4.78 is 7.88. The van der Waals surface area contributed by atoms with Gasteiger partial charge in [-0.25, -0.2) is 4.98 Å². The van der Waals surface area contributed by atoms with Gasteiger partial charge in [0.2, 0.25) is 0 Å². The molecule has 0 saturated heterocycles. The molecule has 4 aromatic rings. The van der Waals surface area contributed by atoms with E-state index in [0.717, 1.165) is 51.0 Å². The van der Waals surface area contributed by atoms with Gasteiger partial charge in [-0.1, -0.05) is 12.6 Å². The van der Waals surface area contributed by atoms with Crippen LogP contribution in [0.25, 0.3) is 32.2 Å². The number of benzene rings is 1. The molecule has 160 valence electrons. The van der Waals surface area contributed by atoms with Gasteiger partial charge in [-0.15, -0.1) is 11.3 Å². The maximum atomic E-state index is 10.5. The van der Waals surface area contributed by atoms with Crippen LogP contribution in [0.2, 0.25) is 0 Å². The first-order valence-electron chi connectivity index (χ1n) is 10.9. The van der Waals surface area contributed by atoms with Crippen LogP contribution in [0.15, 0.2) is 36.7 Å². The fraction of sp³-hybridized carbons (Fsp3) is 0.360. The lowest BCUT2D eigenvalue weighted by Gasteiger charge is -2.23. The Bertz CT molecular complexity index is 1320. The number of ether oxygens (including phenoxy) is 1. The second-order valence-corrected chi connectivity index (χ2v) is 9.33. The van der Waals surface area contributed by atoms with Crippen LogP contribution < -0.4 is 0 Å². The molecule has 6 heteroatoms. The second kappa shape index (κ2) is 7.77. The van der Waals surface area contributed by atoms with Crippen LogP contribution in [-0.2, 0) is 24.6 Å². The Morgan fingerprint density at radius 2 is 2.13 bits per heavy atom. The molecule has 0 aliphatic heterocycles. The highest BCUT2D eigenvalue weighted by Gasteiger charge is 2.29. The minimum absolute atomic E-state index is 0.0129. The molecule has 0 amide bonds. The number of fused-ring (bicyclic) bond motifs is 4. The van der Waals surface area contributed by atoms with E-state index in [1.807, 2.05) is 43.1 Å². The summed E-state index contributed by atoms with van der Waals surface area (Å²) in [6.07, 6.45) is 5.91. The fourth-order valence-corrected chi connectivity index (χ4v) is 6.19. The zero-order valence-electron chi connectivity index (χ0n) is 18.2. The number of thiophene rings is 1. The lowest BCUT2D eigenvalue weighted by atomic mass is 9.87. The first kappa shape index (κ1) is 20.2. The fourth-order valence-electron chi connectivity index (χ4n) is 4.87. The van der Waals surface area contributed by atoms with Crippen LogP contribution in [0.4, 0.5) is 0 Å². The van der Waals surface area contributed by atoms with Gasteiger partial charge in [-0.3, -0.25) is 4.68 Å². The van der Waals surface area contributed by atoms with E-state index >= 15 is 0 Å². The minimum Gasteiger partial charge on any atom is -0.510 e. The molecule has 3 aromatic heterocycles. The normalized spacial score (nSPS) is 14.8. The summed E-state index contributed by atoms with van der Waals surface area (Å²) in [7, 11) is 1.96. The molecule has 0 fully saturated rings. The Morgan fingerprint density at radius 3 is 2.90 bits per heavy atom. The van der Waals surface area contributed by atoms with Gasteiger partial charge < -0.3 is 9.84 Å². The van der Waals surface area contributed by atoms with Crippen LogP contribution in [0.3, 0.4) is 0 Å². The largest absolute Gasteiger partial charge is 0.510 e. The molecular formula is C25H27N3O2S. The monoisotopic (exact) mass is 433 g/mol. The Balaban J connectivity index is 1.88. The van der Waals surface area contributed by atoms with Gasteiger partial charge in [-0.05, 0) is 62.8 Å². The average molecular weight is 434 g/mol. The quantitative estimate of drug-likeness (QED) is 0.381. The van der Waals surface area contributed by atoms with E-state index in [9.17, 15) is 5.11 Å². The molecule has 1 aliphatic rings. The summed E-state index contributed by atoms with van der Waals surface area (Å²) in [6.45, 7) is 8.25. The van der Waals surface area contributed by atoms with Gasteiger partial charge in [0.15, 0.2) is 0 Å². The van der Waals surface area contributed by atoms with Gasteiger partial charge in [0, 0.05) is 46.1 Å². The zero-order chi connectivity index (χ0) is 21.7. The van der Waals surface area contributed by atoms with Crippen molar-refractivity contribution in [3.05, 3.63) is 58.4 Å². The minimum atomic E-state index is -0.611. The molecule has 0 unspecified atom stereocenters. The molecule has 1 atom stereocenters. The Morgan fingerprint density at radius 1 is 1.32 bits per heavy atom. The van der Waals surface area contributed by atoms with Gasteiger partial charge in [0.05, 0.1) is 11.7 Å². The van der Waals surface area contributed by atoms with Crippen molar-refractivity contribution in [1.82, 2.24) is 14.8 Å². The van der Waals surface area contributed by atoms with Gasteiger partial charge >= 0.3 is 0 Å². The van der Waals surface area contributed by atoms with Gasteiger partial charge in [-0.2, -0.15) is 5.10 Å². The predicted octanol–water partition coefficient (Wildman–Crippen LogP) is 6.19. The van der Waals surface area contributed by atoms with E-state index in [4.69, 9.17) is 9.72 Å². The Hall–Kier alpha value is -2.70.